The quantitative estimate of drug-likeness (QED) is 0.397. The van der Waals surface area contributed by atoms with Crippen LogP contribution in [0.1, 0.15) is 10.6 Å². The van der Waals surface area contributed by atoms with Crippen LogP contribution in [0.15, 0.2) is 46.8 Å². The van der Waals surface area contributed by atoms with Crippen molar-refractivity contribution in [3.63, 3.8) is 0 Å². The van der Waals surface area contributed by atoms with E-state index in [1.807, 2.05) is 37.3 Å². The molecule has 0 amide bonds. The maximum absolute atomic E-state index is 6.24. The number of aryl methyl sites for hydroxylation is 1. The number of nitrogens with zero attached hydrogens (tertiary/aromatic N) is 3. The summed E-state index contributed by atoms with van der Waals surface area (Å²) < 4.78 is 1.10. The molecule has 0 atom stereocenters. The topological polar surface area (TPSA) is 38.7 Å². The number of halogens is 1. The van der Waals surface area contributed by atoms with Gasteiger partial charge in [-0.15, -0.1) is 32.9 Å². The minimum Gasteiger partial charge on any atom is -0.238 e. The second kappa shape index (κ2) is 6.80. The number of hydrogen-bond acceptors (Lipinski definition) is 6. The number of benzene rings is 1. The fourth-order valence-electron chi connectivity index (χ4n) is 2.35. The lowest BCUT2D eigenvalue weighted by atomic mass is 10.2. The molecule has 3 heterocycles. The van der Waals surface area contributed by atoms with Crippen molar-refractivity contribution in [1.29, 1.82) is 0 Å². The highest BCUT2D eigenvalue weighted by Crippen LogP contribution is 2.37. The fraction of sp³-hybridized carbons (Fsp3) is 0.118. The maximum atomic E-state index is 6.24. The molecule has 24 heavy (non-hydrogen) atoms. The lowest BCUT2D eigenvalue weighted by molar-refractivity contribution is 0.957. The number of thiazole rings is 1. The lowest BCUT2D eigenvalue weighted by Crippen LogP contribution is -1.92. The van der Waals surface area contributed by atoms with E-state index >= 15 is 0 Å². The van der Waals surface area contributed by atoms with Crippen LogP contribution < -0.4 is 0 Å². The summed E-state index contributed by atoms with van der Waals surface area (Å²) in [6.07, 6.45) is 0. The Kier molecular flexibility index (Phi) is 4.54. The van der Waals surface area contributed by atoms with Gasteiger partial charge in [0.2, 0.25) is 0 Å². The third kappa shape index (κ3) is 3.07. The van der Waals surface area contributed by atoms with Gasteiger partial charge in [-0.25, -0.2) is 4.98 Å². The number of fused-ring (bicyclic) bond motifs is 1. The Hall–Kier alpha value is -1.47. The summed E-state index contributed by atoms with van der Waals surface area (Å²) in [6, 6.07) is 12.0. The van der Waals surface area contributed by atoms with Gasteiger partial charge in [0.1, 0.15) is 16.2 Å². The summed E-state index contributed by atoms with van der Waals surface area (Å²) in [5.41, 5.74) is 2.95. The average molecular weight is 390 g/mol. The van der Waals surface area contributed by atoms with Crippen molar-refractivity contribution in [3.05, 3.63) is 57.4 Å². The lowest BCUT2D eigenvalue weighted by Gasteiger charge is -2.05. The molecule has 120 valence electrons. The van der Waals surface area contributed by atoms with Gasteiger partial charge in [-0.3, -0.25) is 0 Å². The van der Waals surface area contributed by atoms with E-state index < -0.39 is 0 Å². The number of thioether (sulfide) groups is 1. The maximum Gasteiger partial charge on any atom is 0.146 e. The van der Waals surface area contributed by atoms with Crippen molar-refractivity contribution in [2.45, 2.75) is 17.7 Å². The molecular weight excluding hydrogens is 378 g/mol. The minimum atomic E-state index is 0.748. The zero-order chi connectivity index (χ0) is 16.5. The normalized spacial score (nSPS) is 11.2. The van der Waals surface area contributed by atoms with Crippen molar-refractivity contribution in [2.24, 2.45) is 0 Å². The molecule has 3 nitrogen and oxygen atoms in total. The number of hydrogen-bond donors (Lipinski definition) is 0. The highest BCUT2D eigenvalue weighted by atomic mass is 35.5. The van der Waals surface area contributed by atoms with Gasteiger partial charge in [-0.05, 0) is 30.0 Å². The van der Waals surface area contributed by atoms with Crippen LogP contribution >= 0.6 is 46.0 Å². The Morgan fingerprint density at radius 3 is 2.79 bits per heavy atom. The van der Waals surface area contributed by atoms with Crippen LogP contribution in [-0.2, 0) is 5.75 Å². The molecular formula is C17H12ClN3S3. The SMILES string of the molecule is Cc1nc2c(SCc3ccccc3Cl)nnc(-c3cccs3)c2s1. The molecule has 0 bridgehead atoms. The van der Waals surface area contributed by atoms with Crippen LogP contribution in [0.5, 0.6) is 0 Å². The second-order valence-electron chi connectivity index (χ2n) is 5.12. The molecule has 0 aliphatic carbocycles. The van der Waals surface area contributed by atoms with Gasteiger partial charge >= 0.3 is 0 Å². The number of rotatable bonds is 4. The van der Waals surface area contributed by atoms with E-state index in [0.717, 1.165) is 47.2 Å². The molecule has 4 aromatic rings. The summed E-state index contributed by atoms with van der Waals surface area (Å²) in [5, 5.41) is 13.6. The second-order valence-corrected chi connectivity index (χ2v) is 8.64. The molecule has 0 fully saturated rings. The van der Waals surface area contributed by atoms with Crippen molar-refractivity contribution in [2.75, 3.05) is 0 Å². The predicted octanol–water partition coefficient (Wildman–Crippen LogP) is 6.07. The molecule has 0 saturated carbocycles. The first-order valence-electron chi connectivity index (χ1n) is 7.26. The smallest absolute Gasteiger partial charge is 0.146 e. The third-order valence-corrected chi connectivity index (χ3v) is 6.70. The summed E-state index contributed by atoms with van der Waals surface area (Å²) in [7, 11) is 0. The van der Waals surface area contributed by atoms with E-state index in [2.05, 4.69) is 26.6 Å². The molecule has 0 saturated heterocycles. The summed E-state index contributed by atoms with van der Waals surface area (Å²) in [4.78, 5) is 5.81. The molecule has 1 aromatic carbocycles. The van der Waals surface area contributed by atoms with Gasteiger partial charge in [0, 0.05) is 10.8 Å². The van der Waals surface area contributed by atoms with Crippen molar-refractivity contribution < 1.29 is 0 Å². The van der Waals surface area contributed by atoms with Gasteiger partial charge < -0.3 is 0 Å². The number of aromatic nitrogens is 3. The van der Waals surface area contributed by atoms with Crippen LogP contribution in [0.2, 0.25) is 5.02 Å². The monoisotopic (exact) mass is 389 g/mol. The van der Waals surface area contributed by atoms with Gasteiger partial charge in [-0.2, -0.15) is 0 Å². The molecule has 0 unspecified atom stereocenters. The van der Waals surface area contributed by atoms with E-state index in [1.54, 1.807) is 34.4 Å². The van der Waals surface area contributed by atoms with Crippen LogP contribution in [0.25, 0.3) is 20.8 Å². The van der Waals surface area contributed by atoms with E-state index in [1.165, 1.54) is 0 Å². The van der Waals surface area contributed by atoms with Crippen LogP contribution in [0.3, 0.4) is 0 Å². The van der Waals surface area contributed by atoms with E-state index in [4.69, 9.17) is 11.6 Å². The minimum absolute atomic E-state index is 0.748. The first-order chi connectivity index (χ1) is 11.7. The molecule has 0 aliphatic rings. The zero-order valence-corrected chi connectivity index (χ0v) is 15.9. The summed E-state index contributed by atoms with van der Waals surface area (Å²) >= 11 is 11.2. The average Bonchev–Trinajstić information content (AvgIpc) is 3.23. The van der Waals surface area contributed by atoms with Crippen LogP contribution in [-0.4, -0.2) is 15.2 Å². The van der Waals surface area contributed by atoms with E-state index in [9.17, 15) is 0 Å². The molecule has 0 spiro atoms. The Morgan fingerprint density at radius 2 is 2.00 bits per heavy atom. The van der Waals surface area contributed by atoms with E-state index in [-0.39, 0.29) is 0 Å². The van der Waals surface area contributed by atoms with Crippen molar-refractivity contribution in [3.8, 4) is 10.6 Å². The van der Waals surface area contributed by atoms with Gasteiger partial charge in [0.05, 0.1) is 14.6 Å². The predicted molar refractivity (Wildman–Crippen MR) is 104 cm³/mol. The largest absolute Gasteiger partial charge is 0.238 e. The van der Waals surface area contributed by atoms with Crippen LogP contribution in [0.4, 0.5) is 0 Å². The molecule has 4 rings (SSSR count). The Morgan fingerprint density at radius 1 is 1.12 bits per heavy atom. The summed E-state index contributed by atoms with van der Waals surface area (Å²) in [5.74, 6) is 0.748. The van der Waals surface area contributed by atoms with Gasteiger partial charge in [-0.1, -0.05) is 47.6 Å². The first kappa shape index (κ1) is 16.0. The third-order valence-electron chi connectivity index (χ3n) is 3.47. The van der Waals surface area contributed by atoms with Crippen molar-refractivity contribution in [1.82, 2.24) is 15.2 Å². The molecule has 0 radical (unpaired) electrons. The summed E-state index contributed by atoms with van der Waals surface area (Å²) in [6.45, 7) is 2.02. The molecule has 0 aliphatic heterocycles. The Labute approximate surface area is 156 Å². The first-order valence-corrected chi connectivity index (χ1v) is 10.3. The fourth-order valence-corrected chi connectivity index (χ4v) is 5.33. The van der Waals surface area contributed by atoms with Gasteiger partial charge in [0.15, 0.2) is 0 Å². The molecule has 7 heteroatoms. The molecule has 0 N–H and O–H groups in total. The van der Waals surface area contributed by atoms with Crippen LogP contribution in [0, 0.1) is 6.92 Å². The zero-order valence-electron chi connectivity index (χ0n) is 12.7. The van der Waals surface area contributed by atoms with Gasteiger partial charge in [0.25, 0.3) is 0 Å². The Bertz CT molecular complexity index is 996. The molecule has 3 aromatic heterocycles. The van der Waals surface area contributed by atoms with E-state index in [0.29, 0.717) is 0 Å². The number of thiophene rings is 1. The Balaban J connectivity index is 1.72. The highest BCUT2D eigenvalue weighted by molar-refractivity contribution is 7.98. The van der Waals surface area contributed by atoms with Crippen molar-refractivity contribution >= 4 is 56.3 Å². The highest BCUT2D eigenvalue weighted by Gasteiger charge is 2.16. The standard InChI is InChI=1S/C17H12ClN3S3/c1-10-19-15-16(24-10)14(13-7-4-8-22-13)20-21-17(15)23-9-11-5-2-3-6-12(11)18/h2-8H,9H2,1H3.